The third-order valence-corrected chi connectivity index (χ3v) is 3.08. The Morgan fingerprint density at radius 3 is 2.69 bits per heavy atom. The molecule has 16 heavy (non-hydrogen) atoms. The van der Waals surface area contributed by atoms with Gasteiger partial charge >= 0.3 is 0 Å². The SMILES string of the molecule is NC1CCN(CCCc2ccccc2)C1=O. The van der Waals surface area contributed by atoms with Gasteiger partial charge in [-0.15, -0.1) is 0 Å². The number of amides is 1. The molecule has 2 N–H and O–H groups in total. The Bertz CT molecular complexity index is 350. The molecule has 3 nitrogen and oxygen atoms in total. The fraction of sp³-hybridized carbons (Fsp3) is 0.462. The zero-order chi connectivity index (χ0) is 11.4. The zero-order valence-corrected chi connectivity index (χ0v) is 9.43. The maximum Gasteiger partial charge on any atom is 0.239 e. The van der Waals surface area contributed by atoms with Crippen LogP contribution in [0.2, 0.25) is 0 Å². The third-order valence-electron chi connectivity index (χ3n) is 3.08. The number of carbonyl (C=O) groups excluding carboxylic acids is 1. The summed E-state index contributed by atoms with van der Waals surface area (Å²) >= 11 is 0. The van der Waals surface area contributed by atoms with Crippen molar-refractivity contribution in [3.05, 3.63) is 35.9 Å². The smallest absolute Gasteiger partial charge is 0.239 e. The lowest BCUT2D eigenvalue weighted by molar-refractivity contribution is -0.128. The fourth-order valence-electron chi connectivity index (χ4n) is 2.10. The minimum absolute atomic E-state index is 0.119. The van der Waals surface area contributed by atoms with Gasteiger partial charge in [0.2, 0.25) is 5.91 Å². The molecule has 0 bridgehead atoms. The van der Waals surface area contributed by atoms with Crippen LogP contribution in [0.15, 0.2) is 30.3 Å². The second-order valence-electron chi connectivity index (χ2n) is 4.31. The average molecular weight is 218 g/mol. The van der Waals surface area contributed by atoms with Crippen LogP contribution in [0.5, 0.6) is 0 Å². The lowest BCUT2D eigenvalue weighted by Gasteiger charge is -2.15. The highest BCUT2D eigenvalue weighted by Crippen LogP contribution is 2.10. The van der Waals surface area contributed by atoms with Crippen LogP contribution in [0, 0.1) is 0 Å². The van der Waals surface area contributed by atoms with Gasteiger partial charge in [-0.1, -0.05) is 30.3 Å². The van der Waals surface area contributed by atoms with Gasteiger partial charge < -0.3 is 10.6 Å². The third kappa shape index (κ3) is 2.61. The van der Waals surface area contributed by atoms with Gasteiger partial charge in [-0.25, -0.2) is 0 Å². The molecule has 3 heteroatoms. The van der Waals surface area contributed by atoms with Crippen molar-refractivity contribution >= 4 is 5.91 Å². The van der Waals surface area contributed by atoms with Crippen LogP contribution in [0.25, 0.3) is 0 Å². The predicted octanol–water partition coefficient (Wildman–Crippen LogP) is 1.18. The van der Waals surface area contributed by atoms with Crippen molar-refractivity contribution in [2.45, 2.75) is 25.3 Å². The molecule has 1 aliphatic heterocycles. The van der Waals surface area contributed by atoms with Gasteiger partial charge in [0, 0.05) is 13.1 Å². The van der Waals surface area contributed by atoms with Gasteiger partial charge in [0.05, 0.1) is 6.04 Å². The number of aryl methyl sites for hydroxylation is 1. The van der Waals surface area contributed by atoms with E-state index in [-0.39, 0.29) is 11.9 Å². The van der Waals surface area contributed by atoms with E-state index >= 15 is 0 Å². The van der Waals surface area contributed by atoms with Crippen LogP contribution in [0.3, 0.4) is 0 Å². The van der Waals surface area contributed by atoms with Gasteiger partial charge in [-0.2, -0.15) is 0 Å². The topological polar surface area (TPSA) is 46.3 Å². The molecule has 0 aliphatic carbocycles. The van der Waals surface area contributed by atoms with Gasteiger partial charge in [-0.3, -0.25) is 4.79 Å². The molecule has 1 aromatic carbocycles. The van der Waals surface area contributed by atoms with E-state index in [1.54, 1.807) is 0 Å². The maximum absolute atomic E-state index is 11.5. The Balaban J connectivity index is 1.75. The van der Waals surface area contributed by atoms with E-state index in [1.165, 1.54) is 5.56 Å². The zero-order valence-electron chi connectivity index (χ0n) is 9.43. The number of nitrogens with two attached hydrogens (primary N) is 1. The Hall–Kier alpha value is -1.35. The normalized spacial score (nSPS) is 20.4. The van der Waals surface area contributed by atoms with Gasteiger partial charge in [0.25, 0.3) is 0 Å². The lowest BCUT2D eigenvalue weighted by Crippen LogP contribution is -2.34. The molecule has 0 aromatic heterocycles. The van der Waals surface area contributed by atoms with E-state index in [0.717, 1.165) is 32.4 Å². The molecule has 1 saturated heterocycles. The Labute approximate surface area is 96.2 Å². The molecule has 1 fully saturated rings. The molecular weight excluding hydrogens is 200 g/mol. The van der Waals surface area contributed by atoms with Gasteiger partial charge in [0.1, 0.15) is 0 Å². The number of hydrogen-bond donors (Lipinski definition) is 1. The molecule has 0 spiro atoms. The molecule has 0 radical (unpaired) electrons. The molecule has 1 aliphatic rings. The van der Waals surface area contributed by atoms with Crippen LogP contribution in [0.1, 0.15) is 18.4 Å². The number of rotatable bonds is 4. The van der Waals surface area contributed by atoms with Gasteiger partial charge in [-0.05, 0) is 24.8 Å². The van der Waals surface area contributed by atoms with Crippen molar-refractivity contribution in [3.8, 4) is 0 Å². The fourth-order valence-corrected chi connectivity index (χ4v) is 2.10. The molecule has 1 atom stereocenters. The Morgan fingerprint density at radius 1 is 1.31 bits per heavy atom. The van der Waals surface area contributed by atoms with Crippen LogP contribution >= 0.6 is 0 Å². The minimum Gasteiger partial charge on any atom is -0.341 e. The second-order valence-corrected chi connectivity index (χ2v) is 4.31. The molecule has 2 rings (SSSR count). The van der Waals surface area contributed by atoms with Crippen molar-refractivity contribution in [2.24, 2.45) is 5.73 Å². The standard InChI is InChI=1S/C13H18N2O/c14-12-8-10-15(13(12)16)9-4-7-11-5-2-1-3-6-11/h1-3,5-6,12H,4,7-10,14H2. The van der Waals surface area contributed by atoms with E-state index in [1.807, 2.05) is 23.1 Å². The summed E-state index contributed by atoms with van der Waals surface area (Å²) in [5.41, 5.74) is 6.99. The van der Waals surface area contributed by atoms with E-state index in [9.17, 15) is 4.79 Å². The summed E-state index contributed by atoms with van der Waals surface area (Å²) in [5, 5.41) is 0. The first kappa shape index (κ1) is 11.1. The van der Waals surface area contributed by atoms with Crippen LogP contribution in [-0.4, -0.2) is 29.9 Å². The number of likely N-dealkylation sites (tertiary alicyclic amines) is 1. The van der Waals surface area contributed by atoms with Crippen molar-refractivity contribution in [1.82, 2.24) is 4.90 Å². The van der Waals surface area contributed by atoms with Crippen LogP contribution < -0.4 is 5.73 Å². The molecule has 1 amide bonds. The molecule has 1 aromatic rings. The van der Waals surface area contributed by atoms with E-state index in [2.05, 4.69) is 12.1 Å². The molecule has 0 saturated carbocycles. The number of carbonyl (C=O) groups is 1. The molecule has 86 valence electrons. The lowest BCUT2D eigenvalue weighted by atomic mass is 10.1. The highest BCUT2D eigenvalue weighted by Gasteiger charge is 2.27. The van der Waals surface area contributed by atoms with Crippen molar-refractivity contribution in [3.63, 3.8) is 0 Å². The number of hydrogen-bond acceptors (Lipinski definition) is 2. The summed E-state index contributed by atoms with van der Waals surface area (Å²) in [6.07, 6.45) is 2.85. The second kappa shape index (κ2) is 5.12. The first-order valence-corrected chi connectivity index (χ1v) is 5.85. The Morgan fingerprint density at radius 2 is 2.06 bits per heavy atom. The molecule has 1 unspecified atom stereocenters. The number of benzene rings is 1. The average Bonchev–Trinajstić information content (AvgIpc) is 2.62. The maximum atomic E-state index is 11.5. The summed E-state index contributed by atoms with van der Waals surface area (Å²) in [6.45, 7) is 1.66. The molecule has 1 heterocycles. The summed E-state index contributed by atoms with van der Waals surface area (Å²) in [7, 11) is 0. The summed E-state index contributed by atoms with van der Waals surface area (Å²) in [6, 6.07) is 10.1. The molecular formula is C13H18N2O. The van der Waals surface area contributed by atoms with Crippen LogP contribution in [0.4, 0.5) is 0 Å². The minimum atomic E-state index is -0.253. The highest BCUT2D eigenvalue weighted by molar-refractivity contribution is 5.83. The van der Waals surface area contributed by atoms with Crippen LogP contribution in [-0.2, 0) is 11.2 Å². The summed E-state index contributed by atoms with van der Waals surface area (Å²) in [4.78, 5) is 13.4. The van der Waals surface area contributed by atoms with Crippen molar-refractivity contribution in [1.29, 1.82) is 0 Å². The first-order valence-electron chi connectivity index (χ1n) is 5.85. The summed E-state index contributed by atoms with van der Waals surface area (Å²) < 4.78 is 0. The van der Waals surface area contributed by atoms with Gasteiger partial charge in [0.15, 0.2) is 0 Å². The van der Waals surface area contributed by atoms with E-state index in [0.29, 0.717) is 0 Å². The number of nitrogens with zero attached hydrogens (tertiary/aromatic N) is 1. The first-order chi connectivity index (χ1) is 7.77. The van der Waals surface area contributed by atoms with Crippen molar-refractivity contribution < 1.29 is 4.79 Å². The van der Waals surface area contributed by atoms with E-state index < -0.39 is 0 Å². The Kier molecular flexibility index (Phi) is 3.57. The largest absolute Gasteiger partial charge is 0.341 e. The predicted molar refractivity (Wildman–Crippen MR) is 63.9 cm³/mol. The van der Waals surface area contributed by atoms with Crippen molar-refractivity contribution in [2.75, 3.05) is 13.1 Å². The van der Waals surface area contributed by atoms with E-state index in [4.69, 9.17) is 5.73 Å². The monoisotopic (exact) mass is 218 g/mol. The quantitative estimate of drug-likeness (QED) is 0.825. The summed E-state index contributed by atoms with van der Waals surface area (Å²) in [5.74, 6) is 0.119. The highest BCUT2D eigenvalue weighted by atomic mass is 16.2.